The van der Waals surface area contributed by atoms with Gasteiger partial charge in [-0.05, 0) is 74.9 Å². The Bertz CT molecular complexity index is 1790. The van der Waals surface area contributed by atoms with Gasteiger partial charge in [0.2, 0.25) is 14.3 Å². The summed E-state index contributed by atoms with van der Waals surface area (Å²) in [6, 6.07) is 25.1. The second-order valence-electron chi connectivity index (χ2n) is 15.0. The zero-order valence-electron chi connectivity index (χ0n) is 29.8. The van der Waals surface area contributed by atoms with Crippen molar-refractivity contribution in [3.63, 3.8) is 0 Å². The number of anilines is 3. The molecule has 4 aliphatic heterocycles. The van der Waals surface area contributed by atoms with E-state index < -0.39 is 37.1 Å². The molecule has 3 saturated heterocycles. The van der Waals surface area contributed by atoms with E-state index in [1.54, 1.807) is 34.8 Å². The van der Waals surface area contributed by atoms with Crippen LogP contribution in [0.1, 0.15) is 37.3 Å². The van der Waals surface area contributed by atoms with Crippen LogP contribution in [0, 0.1) is 5.92 Å². The molecular formula is C39H48FN5O5Si. The number of hydrogen-bond acceptors (Lipinski definition) is 7. The Morgan fingerprint density at radius 2 is 1.67 bits per heavy atom. The van der Waals surface area contributed by atoms with Gasteiger partial charge < -0.3 is 34.0 Å². The summed E-state index contributed by atoms with van der Waals surface area (Å²) < 4.78 is 23.3. The Hall–Kier alpha value is -4.10. The average molecular weight is 714 g/mol. The van der Waals surface area contributed by atoms with Gasteiger partial charge in [0, 0.05) is 48.5 Å². The Labute approximate surface area is 300 Å². The molecule has 3 aromatic rings. The van der Waals surface area contributed by atoms with Crippen LogP contribution in [0.4, 0.5) is 21.2 Å². The minimum atomic E-state index is -3.53. The molecule has 3 fully saturated rings. The van der Waals surface area contributed by atoms with Crippen molar-refractivity contribution in [2.24, 2.45) is 5.92 Å². The molecule has 0 aliphatic carbocycles. The fraction of sp³-hybridized carbons (Fsp3) is 0.462. The number of piperidine rings is 1. The van der Waals surface area contributed by atoms with Crippen molar-refractivity contribution in [1.29, 1.82) is 0 Å². The van der Waals surface area contributed by atoms with Crippen LogP contribution in [0.5, 0.6) is 0 Å². The van der Waals surface area contributed by atoms with E-state index >= 15 is 4.11 Å². The summed E-state index contributed by atoms with van der Waals surface area (Å²) in [4.78, 5) is 50.0. The standard InChI is InChI=1S/C39H48FN5O5Si/c1-27-35(51(3,4)40)33(24-34(47)43(21-22-46)25-28-11-7-5-8-12-28)50-39(27)31-23-30(15-16-32(31)42(2)37(39)49)44-26-45(29-13-9-6-10-14-29)38(36(44)48)17-19-41-20-18-38/h5-16,23,27,33,35,41,46H,17-22,24-26H2,1-4H3/t27-,33+,35-,39+/m1/s1. The number of rotatable bonds is 9. The van der Waals surface area contributed by atoms with E-state index in [1.165, 1.54) is 0 Å². The van der Waals surface area contributed by atoms with Gasteiger partial charge in [0.25, 0.3) is 11.8 Å². The Kier molecular flexibility index (Phi) is 9.32. The number of aliphatic hydroxyl groups excluding tert-OH is 1. The summed E-state index contributed by atoms with van der Waals surface area (Å²) in [5.41, 5.74) is 0.891. The summed E-state index contributed by atoms with van der Waals surface area (Å²) in [5, 5.41) is 13.2. The fourth-order valence-corrected chi connectivity index (χ4v) is 11.7. The molecule has 51 heavy (non-hydrogen) atoms. The van der Waals surface area contributed by atoms with Crippen LogP contribution in [0.2, 0.25) is 18.6 Å². The first kappa shape index (κ1) is 35.3. The number of benzene rings is 3. The van der Waals surface area contributed by atoms with E-state index in [0.29, 0.717) is 43.0 Å². The third-order valence-corrected chi connectivity index (χ3v) is 14.1. The lowest BCUT2D eigenvalue weighted by Crippen LogP contribution is -2.55. The quantitative estimate of drug-likeness (QED) is 0.243. The van der Waals surface area contributed by atoms with Crippen LogP contribution < -0.4 is 20.0 Å². The molecule has 3 amide bonds. The lowest BCUT2D eigenvalue weighted by atomic mass is 9.82. The number of nitrogens with zero attached hydrogens (tertiary/aromatic N) is 4. The topological polar surface area (TPSA) is 106 Å². The van der Waals surface area contributed by atoms with Crippen molar-refractivity contribution >= 4 is 43.2 Å². The smallest absolute Gasteiger partial charge is 0.264 e. The Morgan fingerprint density at radius 1 is 1.00 bits per heavy atom. The van der Waals surface area contributed by atoms with Crippen LogP contribution in [-0.2, 0) is 31.3 Å². The predicted molar refractivity (Wildman–Crippen MR) is 198 cm³/mol. The van der Waals surface area contributed by atoms with Crippen LogP contribution in [0.3, 0.4) is 0 Å². The summed E-state index contributed by atoms with van der Waals surface area (Å²) in [6.07, 6.45) is 0.351. The number of carbonyl (C=O) groups excluding carboxylic acids is 3. The van der Waals surface area contributed by atoms with Crippen molar-refractivity contribution in [2.45, 2.75) is 68.6 Å². The number of carbonyl (C=O) groups is 3. The molecule has 7 rings (SSSR count). The molecule has 3 aromatic carbocycles. The highest BCUT2D eigenvalue weighted by Gasteiger charge is 2.67. The molecule has 0 unspecified atom stereocenters. The van der Waals surface area contributed by atoms with Gasteiger partial charge in [-0.2, -0.15) is 0 Å². The largest absolute Gasteiger partial charge is 0.395 e. The van der Waals surface area contributed by atoms with E-state index in [4.69, 9.17) is 4.74 Å². The molecule has 0 radical (unpaired) electrons. The van der Waals surface area contributed by atoms with Gasteiger partial charge >= 0.3 is 0 Å². The minimum Gasteiger partial charge on any atom is -0.395 e. The SMILES string of the molecule is C[C@@H]1[C@@H]([Si](C)(C)F)[C@H](CC(=O)N(CCO)Cc2ccccc2)O[C@@]12C(=O)N(C)c1ccc(N3CN(c4ccccc4)C4(CCNCC4)C3=O)cc12. The van der Waals surface area contributed by atoms with Crippen molar-refractivity contribution in [1.82, 2.24) is 10.2 Å². The highest BCUT2D eigenvalue weighted by molar-refractivity contribution is 6.72. The third-order valence-electron chi connectivity index (χ3n) is 11.6. The lowest BCUT2D eigenvalue weighted by Gasteiger charge is -2.39. The zero-order chi connectivity index (χ0) is 36.1. The summed E-state index contributed by atoms with van der Waals surface area (Å²) in [6.45, 7) is 7.11. The van der Waals surface area contributed by atoms with Crippen molar-refractivity contribution in [3.05, 3.63) is 90.0 Å². The van der Waals surface area contributed by atoms with Crippen molar-refractivity contribution in [2.75, 3.05) is 54.7 Å². The average Bonchev–Trinajstić information content (AvgIpc) is 3.66. The highest BCUT2D eigenvalue weighted by atomic mass is 28.4. The number of hydrogen-bond donors (Lipinski definition) is 2. The highest BCUT2D eigenvalue weighted by Crippen LogP contribution is 2.60. The number of nitrogens with one attached hydrogen (secondary N) is 1. The van der Waals surface area contributed by atoms with E-state index in [0.717, 1.165) is 24.3 Å². The molecule has 0 aromatic heterocycles. The molecule has 0 saturated carbocycles. The first-order chi connectivity index (χ1) is 24.4. The molecule has 2 spiro atoms. The van der Waals surface area contributed by atoms with Crippen molar-refractivity contribution < 1.29 is 28.3 Å². The molecule has 4 atom stereocenters. The maximum atomic E-state index is 16.5. The summed E-state index contributed by atoms with van der Waals surface area (Å²) in [7, 11) is -1.83. The number of ether oxygens (including phenoxy) is 1. The van der Waals surface area contributed by atoms with Gasteiger partial charge in [0.15, 0.2) is 5.60 Å². The molecule has 270 valence electrons. The van der Waals surface area contributed by atoms with Gasteiger partial charge in [0.1, 0.15) is 5.54 Å². The van der Waals surface area contributed by atoms with Gasteiger partial charge in [0.05, 0.1) is 31.5 Å². The lowest BCUT2D eigenvalue weighted by molar-refractivity contribution is -0.149. The molecular weight excluding hydrogens is 666 g/mol. The summed E-state index contributed by atoms with van der Waals surface area (Å²) >= 11 is 0. The van der Waals surface area contributed by atoms with Gasteiger partial charge in [-0.15, -0.1) is 0 Å². The molecule has 0 bridgehead atoms. The molecule has 4 heterocycles. The zero-order valence-corrected chi connectivity index (χ0v) is 30.8. The van der Waals surface area contributed by atoms with Crippen LogP contribution in [0.25, 0.3) is 0 Å². The number of fused-ring (bicyclic) bond motifs is 2. The van der Waals surface area contributed by atoms with Crippen LogP contribution in [0.15, 0.2) is 78.9 Å². The second-order valence-corrected chi connectivity index (χ2v) is 18.8. The number of aliphatic hydroxyl groups is 1. The minimum absolute atomic E-state index is 0.0148. The second kappa shape index (κ2) is 13.5. The Balaban J connectivity index is 1.24. The molecule has 2 N–H and O–H groups in total. The van der Waals surface area contributed by atoms with Gasteiger partial charge in [-0.25, -0.2) is 0 Å². The first-order valence-electron chi connectivity index (χ1n) is 18.0. The van der Waals surface area contributed by atoms with Crippen LogP contribution in [-0.4, -0.2) is 87.7 Å². The number of halogens is 1. The maximum absolute atomic E-state index is 16.5. The van der Waals surface area contributed by atoms with E-state index in [9.17, 15) is 19.5 Å². The predicted octanol–water partition coefficient (Wildman–Crippen LogP) is 4.78. The fourth-order valence-electron chi connectivity index (χ4n) is 9.19. The van der Waals surface area contributed by atoms with E-state index in [1.807, 2.05) is 85.8 Å². The monoisotopic (exact) mass is 713 g/mol. The van der Waals surface area contributed by atoms with Crippen molar-refractivity contribution in [3.8, 4) is 0 Å². The number of para-hydroxylation sites is 1. The van der Waals surface area contributed by atoms with Crippen LogP contribution >= 0.6 is 0 Å². The number of likely N-dealkylation sites (N-methyl/N-ethyl adjacent to an activating group) is 1. The molecule has 4 aliphatic rings. The maximum Gasteiger partial charge on any atom is 0.264 e. The van der Waals surface area contributed by atoms with E-state index in [2.05, 4.69) is 10.2 Å². The third kappa shape index (κ3) is 5.86. The van der Waals surface area contributed by atoms with Gasteiger partial charge in [-0.3, -0.25) is 19.3 Å². The molecule has 10 nitrogen and oxygen atoms in total. The Morgan fingerprint density at radius 3 is 2.31 bits per heavy atom. The van der Waals surface area contributed by atoms with Gasteiger partial charge in [-0.1, -0.05) is 55.5 Å². The first-order valence-corrected chi connectivity index (χ1v) is 21.0. The number of amides is 3. The molecule has 12 heteroatoms. The van der Waals surface area contributed by atoms with E-state index in [-0.39, 0.29) is 37.3 Å². The normalized spacial score (nSPS) is 25.7. The summed E-state index contributed by atoms with van der Waals surface area (Å²) in [5.74, 6) is -1.14.